The van der Waals surface area contributed by atoms with E-state index in [9.17, 15) is 9.18 Å². The molecule has 1 aromatic carbocycles. The van der Waals surface area contributed by atoms with E-state index >= 15 is 0 Å². The first-order chi connectivity index (χ1) is 10.1. The van der Waals surface area contributed by atoms with Gasteiger partial charge >= 0.3 is 0 Å². The molecule has 0 aliphatic carbocycles. The molecule has 0 spiro atoms. The standard InChI is InChI=1S/C17H25FN2O.ClH/c1-13-10-14(2)12-15(11-13)19-17(21)16-6-3-4-8-20(16)9-5-7-18;/h10-12,16H,3-9H2,1-2H3,(H,19,21);1H/t16-;/m0./s1. The number of hydrogen-bond donors (Lipinski definition) is 1. The van der Waals surface area contributed by atoms with Gasteiger partial charge in [-0.25, -0.2) is 0 Å². The number of anilines is 1. The zero-order valence-electron chi connectivity index (χ0n) is 13.4. The van der Waals surface area contributed by atoms with Gasteiger partial charge in [0.25, 0.3) is 0 Å². The molecule has 0 aromatic heterocycles. The van der Waals surface area contributed by atoms with Gasteiger partial charge in [0.2, 0.25) is 5.91 Å². The number of likely N-dealkylation sites (tertiary alicyclic amines) is 1. The summed E-state index contributed by atoms with van der Waals surface area (Å²) in [5, 5.41) is 3.03. The van der Waals surface area contributed by atoms with E-state index in [1.807, 2.05) is 26.0 Å². The minimum Gasteiger partial charge on any atom is -0.325 e. The highest BCUT2D eigenvalue weighted by Gasteiger charge is 2.28. The van der Waals surface area contributed by atoms with E-state index in [1.165, 1.54) is 0 Å². The first-order valence-corrected chi connectivity index (χ1v) is 7.79. The molecular formula is C17H26ClFN2O. The van der Waals surface area contributed by atoms with Gasteiger partial charge in [0.1, 0.15) is 0 Å². The van der Waals surface area contributed by atoms with Gasteiger partial charge in [-0.1, -0.05) is 12.5 Å². The zero-order chi connectivity index (χ0) is 15.2. The number of aryl methyl sites for hydroxylation is 2. The Morgan fingerprint density at radius 2 is 1.95 bits per heavy atom. The van der Waals surface area contributed by atoms with E-state index in [2.05, 4.69) is 16.3 Å². The molecule has 0 bridgehead atoms. The Bertz CT molecular complexity index is 475. The van der Waals surface area contributed by atoms with Gasteiger partial charge in [-0.2, -0.15) is 0 Å². The van der Waals surface area contributed by atoms with Gasteiger partial charge in [0.05, 0.1) is 12.7 Å². The van der Waals surface area contributed by atoms with Crippen molar-refractivity contribution in [2.45, 2.75) is 45.6 Å². The lowest BCUT2D eigenvalue weighted by Crippen LogP contribution is -2.47. The van der Waals surface area contributed by atoms with Gasteiger partial charge in [-0.3, -0.25) is 14.1 Å². The van der Waals surface area contributed by atoms with Crippen LogP contribution in [0.25, 0.3) is 0 Å². The number of piperidine rings is 1. The van der Waals surface area contributed by atoms with Crippen LogP contribution in [0.2, 0.25) is 0 Å². The summed E-state index contributed by atoms with van der Waals surface area (Å²) < 4.78 is 12.4. The summed E-state index contributed by atoms with van der Waals surface area (Å²) in [5.41, 5.74) is 3.14. The van der Waals surface area contributed by atoms with Crippen molar-refractivity contribution in [3.63, 3.8) is 0 Å². The fraction of sp³-hybridized carbons (Fsp3) is 0.588. The molecule has 2 rings (SSSR count). The van der Waals surface area contributed by atoms with Gasteiger partial charge in [0.15, 0.2) is 0 Å². The summed E-state index contributed by atoms with van der Waals surface area (Å²) in [5.74, 6) is 0.0403. The lowest BCUT2D eigenvalue weighted by atomic mass is 10.0. The molecule has 1 aliphatic heterocycles. The van der Waals surface area contributed by atoms with Crippen LogP contribution in [-0.2, 0) is 4.79 Å². The predicted octanol–water partition coefficient (Wildman–Crippen LogP) is 3.88. The third-order valence-corrected chi connectivity index (χ3v) is 3.98. The molecule has 3 nitrogen and oxygen atoms in total. The minimum atomic E-state index is -0.318. The number of alkyl halides is 1. The van der Waals surface area contributed by atoms with Crippen LogP contribution in [0, 0.1) is 13.8 Å². The van der Waals surface area contributed by atoms with Crippen molar-refractivity contribution in [2.24, 2.45) is 0 Å². The number of amides is 1. The minimum absolute atomic E-state index is 0. The molecular weight excluding hydrogens is 303 g/mol. The number of halogens is 2. The maximum Gasteiger partial charge on any atom is 0.241 e. The third kappa shape index (κ3) is 5.25. The highest BCUT2D eigenvalue weighted by Crippen LogP contribution is 2.20. The second-order valence-corrected chi connectivity index (χ2v) is 5.96. The van der Waals surface area contributed by atoms with Crippen molar-refractivity contribution in [1.29, 1.82) is 0 Å². The van der Waals surface area contributed by atoms with Crippen LogP contribution in [0.3, 0.4) is 0 Å². The molecule has 1 heterocycles. The van der Waals surface area contributed by atoms with Crippen LogP contribution in [0.4, 0.5) is 10.1 Å². The Morgan fingerprint density at radius 1 is 1.27 bits per heavy atom. The molecule has 1 N–H and O–H groups in total. The number of hydrogen-bond acceptors (Lipinski definition) is 2. The fourth-order valence-corrected chi connectivity index (χ4v) is 3.09. The van der Waals surface area contributed by atoms with Crippen molar-refractivity contribution < 1.29 is 9.18 Å². The van der Waals surface area contributed by atoms with Gasteiger partial charge in [-0.15, -0.1) is 12.4 Å². The number of nitrogens with zero attached hydrogens (tertiary/aromatic N) is 1. The maximum absolute atomic E-state index is 12.5. The quantitative estimate of drug-likeness (QED) is 0.889. The molecule has 1 aromatic rings. The SMILES string of the molecule is Cc1cc(C)cc(NC(=O)[C@@H]2CCCCN2CCCF)c1.Cl. The third-order valence-electron chi connectivity index (χ3n) is 3.98. The van der Waals surface area contributed by atoms with Crippen molar-refractivity contribution >= 4 is 24.0 Å². The van der Waals surface area contributed by atoms with E-state index in [0.717, 1.165) is 42.6 Å². The number of carbonyl (C=O) groups is 1. The van der Waals surface area contributed by atoms with Crippen LogP contribution >= 0.6 is 12.4 Å². The number of carbonyl (C=O) groups excluding carboxylic acids is 1. The van der Waals surface area contributed by atoms with Crippen molar-refractivity contribution in [2.75, 3.05) is 25.1 Å². The van der Waals surface area contributed by atoms with E-state index in [0.29, 0.717) is 13.0 Å². The highest BCUT2D eigenvalue weighted by atomic mass is 35.5. The van der Waals surface area contributed by atoms with Gasteiger partial charge in [-0.05, 0) is 62.9 Å². The smallest absolute Gasteiger partial charge is 0.241 e. The fourth-order valence-electron chi connectivity index (χ4n) is 3.09. The Hall–Kier alpha value is -1.13. The van der Waals surface area contributed by atoms with Gasteiger partial charge in [0, 0.05) is 12.2 Å². The first kappa shape index (κ1) is 18.9. The average Bonchev–Trinajstić information content (AvgIpc) is 2.44. The average molecular weight is 329 g/mol. The van der Waals surface area contributed by atoms with Crippen LogP contribution in [0.1, 0.15) is 36.8 Å². The van der Waals surface area contributed by atoms with Crippen LogP contribution in [0.5, 0.6) is 0 Å². The molecule has 1 amide bonds. The van der Waals surface area contributed by atoms with Crippen LogP contribution in [-0.4, -0.2) is 36.6 Å². The molecule has 0 saturated carbocycles. The molecule has 1 atom stereocenters. The molecule has 5 heteroatoms. The molecule has 124 valence electrons. The summed E-state index contributed by atoms with van der Waals surface area (Å²) in [6.45, 7) is 5.29. The molecule has 1 aliphatic rings. The monoisotopic (exact) mass is 328 g/mol. The Labute approximate surface area is 138 Å². The summed E-state index contributed by atoms with van der Waals surface area (Å²) in [4.78, 5) is 14.6. The summed E-state index contributed by atoms with van der Waals surface area (Å²) >= 11 is 0. The Morgan fingerprint density at radius 3 is 2.59 bits per heavy atom. The molecule has 0 unspecified atom stereocenters. The molecule has 1 saturated heterocycles. The zero-order valence-corrected chi connectivity index (χ0v) is 14.2. The second kappa shape index (κ2) is 9.11. The Kier molecular flexibility index (Phi) is 7.83. The number of benzene rings is 1. The van der Waals surface area contributed by atoms with E-state index in [4.69, 9.17) is 0 Å². The molecule has 0 radical (unpaired) electrons. The van der Waals surface area contributed by atoms with E-state index < -0.39 is 0 Å². The van der Waals surface area contributed by atoms with Crippen LogP contribution in [0.15, 0.2) is 18.2 Å². The van der Waals surface area contributed by atoms with Crippen molar-refractivity contribution in [1.82, 2.24) is 4.90 Å². The Balaban J connectivity index is 0.00000242. The largest absolute Gasteiger partial charge is 0.325 e. The summed E-state index contributed by atoms with van der Waals surface area (Å²) in [6, 6.07) is 5.94. The first-order valence-electron chi connectivity index (χ1n) is 7.79. The predicted molar refractivity (Wildman–Crippen MR) is 91.6 cm³/mol. The maximum atomic E-state index is 12.5. The van der Waals surface area contributed by atoms with Crippen molar-refractivity contribution in [3.05, 3.63) is 29.3 Å². The molecule has 1 fully saturated rings. The number of nitrogens with one attached hydrogen (secondary N) is 1. The lowest BCUT2D eigenvalue weighted by molar-refractivity contribution is -0.122. The number of rotatable bonds is 5. The molecule has 22 heavy (non-hydrogen) atoms. The van der Waals surface area contributed by atoms with E-state index in [1.54, 1.807) is 0 Å². The second-order valence-electron chi connectivity index (χ2n) is 5.96. The lowest BCUT2D eigenvalue weighted by Gasteiger charge is -2.34. The summed E-state index contributed by atoms with van der Waals surface area (Å²) in [7, 11) is 0. The topological polar surface area (TPSA) is 32.3 Å². The normalized spacial score (nSPS) is 18.6. The van der Waals surface area contributed by atoms with Crippen molar-refractivity contribution in [3.8, 4) is 0 Å². The summed E-state index contributed by atoms with van der Waals surface area (Å²) in [6.07, 6.45) is 3.53. The van der Waals surface area contributed by atoms with E-state index in [-0.39, 0.29) is 31.0 Å². The highest BCUT2D eigenvalue weighted by molar-refractivity contribution is 5.95. The van der Waals surface area contributed by atoms with Crippen LogP contribution < -0.4 is 5.32 Å². The van der Waals surface area contributed by atoms with Gasteiger partial charge < -0.3 is 5.32 Å².